The quantitative estimate of drug-likeness (QED) is 0.0503. The second kappa shape index (κ2) is 22.2. The number of unbranched alkanes of at least 4 members (excludes halogenated alkanes) is 6. The Balaban J connectivity index is 0.0000168. The van der Waals surface area contributed by atoms with Crippen LogP contribution in [0, 0.1) is 0 Å². The van der Waals surface area contributed by atoms with Crippen LogP contribution in [-0.4, -0.2) is 64.7 Å². The zero-order valence-electron chi connectivity index (χ0n) is 27.0. The van der Waals surface area contributed by atoms with Crippen LogP contribution in [0.5, 0.6) is 5.75 Å². The Hall–Kier alpha value is -1.35. The van der Waals surface area contributed by atoms with Crippen LogP contribution in [0.15, 0.2) is 24.3 Å². The Kier molecular flexibility index (Phi) is 21.5. The third kappa shape index (κ3) is 14.0. The molecule has 1 aromatic carbocycles. The van der Waals surface area contributed by atoms with Crippen molar-refractivity contribution in [2.24, 2.45) is 0 Å². The average Bonchev–Trinajstić information content (AvgIpc) is 2.91. The third-order valence-corrected chi connectivity index (χ3v) is 6.89. The maximum absolute atomic E-state index is 11.5. The van der Waals surface area contributed by atoms with Crippen molar-refractivity contribution in [3.05, 3.63) is 29.8 Å². The van der Waals surface area contributed by atoms with Gasteiger partial charge in [0.25, 0.3) is 16.4 Å². The van der Waals surface area contributed by atoms with Gasteiger partial charge in [-0.3, -0.25) is 0 Å². The predicted octanol–water partition coefficient (Wildman–Crippen LogP) is 6.81. The van der Waals surface area contributed by atoms with Crippen LogP contribution in [0.4, 0.5) is 0 Å². The monoisotopic (exact) mass is 623 g/mol. The first kappa shape index (κ1) is 40.6. The molecule has 1 aromatic rings. The van der Waals surface area contributed by atoms with Gasteiger partial charge in [0, 0.05) is 46.1 Å². The molecule has 0 aliphatic carbocycles. The van der Waals surface area contributed by atoms with Crippen LogP contribution in [0.3, 0.4) is 0 Å². The van der Waals surface area contributed by atoms with E-state index < -0.39 is 28.3 Å². The van der Waals surface area contributed by atoms with E-state index in [1.54, 1.807) is 18.2 Å². The summed E-state index contributed by atoms with van der Waals surface area (Å²) in [4.78, 5) is 0. The first-order chi connectivity index (χ1) is 19.7. The number of hydrogen-bond donors (Lipinski definition) is 1. The molecule has 248 valence electrons. The van der Waals surface area contributed by atoms with Crippen molar-refractivity contribution < 1.29 is 45.6 Å². The number of benzene rings is 1. The van der Waals surface area contributed by atoms with E-state index in [-0.39, 0.29) is 25.1 Å². The third-order valence-electron chi connectivity index (χ3n) is 6.51. The molecule has 42 heavy (non-hydrogen) atoms. The molecule has 0 aliphatic rings. The highest BCUT2D eigenvalue weighted by atomic mass is 32.3. The molecule has 0 saturated carbocycles. The summed E-state index contributed by atoms with van der Waals surface area (Å²) in [6, 6.07) is 6.38. The van der Waals surface area contributed by atoms with E-state index in [1.165, 1.54) is 6.07 Å². The summed E-state index contributed by atoms with van der Waals surface area (Å²) in [5.74, 6) is -2.51. The van der Waals surface area contributed by atoms with Gasteiger partial charge < -0.3 is 43.3 Å². The molecule has 1 unspecified atom stereocenters. The lowest BCUT2D eigenvalue weighted by molar-refractivity contribution is -0.380. The normalized spacial score (nSPS) is 13.1. The molecule has 0 aliphatic heterocycles. The predicted molar refractivity (Wildman–Crippen MR) is 162 cm³/mol. The second-order valence-electron chi connectivity index (χ2n) is 9.46. The zero-order chi connectivity index (χ0) is 30.6. The van der Waals surface area contributed by atoms with Crippen LogP contribution in [0.1, 0.15) is 105 Å². The van der Waals surface area contributed by atoms with Crippen molar-refractivity contribution in [3.8, 4) is 5.75 Å². The SMILES string of the molecule is CCOC(CCCCCCCCCC(OCC)(OCC)OCC)C(OCC)(OCC)c1ccccc1OS(=O)(=O)[O-].[NH4+]. The molecule has 0 aromatic heterocycles. The molecule has 0 fully saturated rings. The minimum Gasteiger partial charge on any atom is -0.716 e. The van der Waals surface area contributed by atoms with Crippen molar-refractivity contribution in [3.63, 3.8) is 0 Å². The summed E-state index contributed by atoms with van der Waals surface area (Å²) >= 11 is 0. The lowest BCUT2D eigenvalue weighted by Crippen LogP contribution is -2.47. The summed E-state index contributed by atoms with van der Waals surface area (Å²) in [5, 5.41) is 0. The fourth-order valence-corrected chi connectivity index (χ4v) is 5.43. The Bertz CT molecular complexity index is 892. The van der Waals surface area contributed by atoms with E-state index in [4.69, 9.17) is 32.6 Å². The van der Waals surface area contributed by atoms with Gasteiger partial charge in [0.05, 0.1) is 5.56 Å². The van der Waals surface area contributed by atoms with E-state index in [0.29, 0.717) is 44.8 Å². The molecule has 0 amide bonds. The summed E-state index contributed by atoms with van der Waals surface area (Å²) in [6.07, 6.45) is 7.91. The maximum atomic E-state index is 11.5. The fraction of sp³-hybridized carbons (Fsp3) is 0.800. The molecular weight excluding hydrogens is 566 g/mol. The minimum absolute atomic E-state index is 0. The second-order valence-corrected chi connectivity index (χ2v) is 10.4. The van der Waals surface area contributed by atoms with Gasteiger partial charge in [-0.05, 0) is 66.5 Å². The van der Waals surface area contributed by atoms with Crippen LogP contribution >= 0.6 is 0 Å². The Morgan fingerprint density at radius 3 is 1.64 bits per heavy atom. The first-order valence-corrected chi connectivity index (χ1v) is 16.6. The summed E-state index contributed by atoms with van der Waals surface area (Å²) in [6.45, 7) is 13.9. The number of para-hydroxylation sites is 1. The van der Waals surface area contributed by atoms with Gasteiger partial charge >= 0.3 is 0 Å². The van der Waals surface area contributed by atoms with E-state index >= 15 is 0 Å². The van der Waals surface area contributed by atoms with Crippen molar-refractivity contribution in [2.75, 3.05) is 39.6 Å². The number of ether oxygens (including phenoxy) is 6. The van der Waals surface area contributed by atoms with Crippen molar-refractivity contribution in [2.45, 2.75) is 117 Å². The Morgan fingerprint density at radius 1 is 0.690 bits per heavy atom. The molecular formula is C30H57NO10S. The number of quaternary nitrogens is 1. The number of rotatable bonds is 26. The van der Waals surface area contributed by atoms with Gasteiger partial charge in [-0.15, -0.1) is 0 Å². The first-order valence-electron chi connectivity index (χ1n) is 15.2. The van der Waals surface area contributed by atoms with E-state index in [0.717, 1.165) is 44.9 Å². The average molecular weight is 624 g/mol. The van der Waals surface area contributed by atoms with Gasteiger partial charge in [0.2, 0.25) is 5.79 Å². The lowest BCUT2D eigenvalue weighted by Gasteiger charge is -2.40. The van der Waals surface area contributed by atoms with Crippen molar-refractivity contribution >= 4 is 10.4 Å². The molecule has 0 saturated heterocycles. The van der Waals surface area contributed by atoms with Crippen LogP contribution in [0.2, 0.25) is 0 Å². The highest BCUT2D eigenvalue weighted by Crippen LogP contribution is 2.41. The summed E-state index contributed by atoms with van der Waals surface area (Å²) in [5.41, 5.74) is 0.309. The van der Waals surface area contributed by atoms with Crippen LogP contribution < -0.4 is 10.3 Å². The maximum Gasteiger partial charge on any atom is 0.282 e. The smallest absolute Gasteiger partial charge is 0.282 e. The molecule has 0 spiro atoms. The highest BCUT2D eigenvalue weighted by molar-refractivity contribution is 7.81. The van der Waals surface area contributed by atoms with E-state index in [1.807, 2.05) is 41.5 Å². The highest BCUT2D eigenvalue weighted by Gasteiger charge is 2.45. The molecule has 12 heteroatoms. The van der Waals surface area contributed by atoms with Gasteiger partial charge in [0.15, 0.2) is 0 Å². The zero-order valence-corrected chi connectivity index (χ0v) is 27.8. The Labute approximate surface area is 254 Å². The molecule has 11 nitrogen and oxygen atoms in total. The fourth-order valence-electron chi connectivity index (χ4n) is 5.06. The molecule has 0 radical (unpaired) electrons. The van der Waals surface area contributed by atoms with Gasteiger partial charge in [0.1, 0.15) is 11.9 Å². The van der Waals surface area contributed by atoms with Crippen LogP contribution in [-0.2, 0) is 44.6 Å². The number of hydrogen-bond acceptors (Lipinski definition) is 10. The molecule has 0 bridgehead atoms. The molecule has 1 rings (SSSR count). The Morgan fingerprint density at radius 2 is 1.17 bits per heavy atom. The summed E-state index contributed by atoms with van der Waals surface area (Å²) < 4.78 is 75.1. The molecule has 1 atom stereocenters. The molecule has 4 N–H and O–H groups in total. The van der Waals surface area contributed by atoms with E-state index in [9.17, 15) is 13.0 Å². The van der Waals surface area contributed by atoms with E-state index in [2.05, 4.69) is 0 Å². The summed E-state index contributed by atoms with van der Waals surface area (Å²) in [7, 11) is -5.00. The topological polar surface area (TPSA) is 158 Å². The van der Waals surface area contributed by atoms with Crippen molar-refractivity contribution in [1.29, 1.82) is 0 Å². The standard InChI is InChI=1S/C30H54O10S.H3N/c1-7-34-28(24-18-16-14-13-15-17-21-25-29(35-8-2,36-9-3)37-10-4)30(38-11-5,39-12-6)26-22-19-20-23-27(26)40-41(31,32)33;/h19-20,22-23,28H,7-18,21,24-25H2,1-6H3,(H,31,32,33);1H3. The molecule has 0 heterocycles. The largest absolute Gasteiger partial charge is 0.716 e. The van der Waals surface area contributed by atoms with Gasteiger partial charge in [-0.25, -0.2) is 8.42 Å². The van der Waals surface area contributed by atoms with Crippen molar-refractivity contribution in [1.82, 2.24) is 6.15 Å². The minimum atomic E-state index is -5.00. The lowest BCUT2D eigenvalue weighted by atomic mass is 9.93. The van der Waals surface area contributed by atoms with Crippen LogP contribution in [0.25, 0.3) is 0 Å². The van der Waals surface area contributed by atoms with Gasteiger partial charge in [-0.1, -0.05) is 50.7 Å². The van der Waals surface area contributed by atoms with Gasteiger partial charge in [-0.2, -0.15) is 0 Å².